The van der Waals surface area contributed by atoms with Gasteiger partial charge >= 0.3 is 6.03 Å². The third kappa shape index (κ3) is 4.41. The molecule has 0 atom stereocenters. The molecule has 3 heterocycles. The first kappa shape index (κ1) is 18.7. The van der Waals surface area contributed by atoms with Gasteiger partial charge in [0.1, 0.15) is 10.8 Å². The highest BCUT2D eigenvalue weighted by molar-refractivity contribution is 7.13. The maximum Gasteiger partial charge on any atom is 0.324 e. The number of ether oxygens (including phenoxy) is 1. The SMILES string of the molecule is O=C(Nc1ccncc1)Nc1csc(-c2ccc(N3CCOCC3)c(Cl)c2)n1. The van der Waals surface area contributed by atoms with Crippen LogP contribution in [0.2, 0.25) is 5.02 Å². The van der Waals surface area contributed by atoms with Crippen LogP contribution in [-0.2, 0) is 4.74 Å². The van der Waals surface area contributed by atoms with Gasteiger partial charge in [-0.25, -0.2) is 9.78 Å². The Morgan fingerprint density at radius 1 is 1.14 bits per heavy atom. The van der Waals surface area contributed by atoms with Crippen LogP contribution < -0.4 is 15.5 Å². The molecule has 2 N–H and O–H groups in total. The summed E-state index contributed by atoms with van der Waals surface area (Å²) in [6.45, 7) is 3.08. The summed E-state index contributed by atoms with van der Waals surface area (Å²) in [5.74, 6) is 0.486. The average molecular weight is 416 g/mol. The van der Waals surface area contributed by atoms with Crippen molar-refractivity contribution in [3.8, 4) is 10.6 Å². The molecule has 0 saturated carbocycles. The van der Waals surface area contributed by atoms with Crippen molar-refractivity contribution in [2.75, 3.05) is 41.8 Å². The van der Waals surface area contributed by atoms with Crippen LogP contribution in [0.25, 0.3) is 10.6 Å². The molecular weight excluding hydrogens is 398 g/mol. The molecule has 7 nitrogen and oxygen atoms in total. The van der Waals surface area contributed by atoms with E-state index in [1.165, 1.54) is 11.3 Å². The van der Waals surface area contributed by atoms with Crippen LogP contribution in [0.5, 0.6) is 0 Å². The average Bonchev–Trinajstić information content (AvgIpc) is 3.17. The molecule has 144 valence electrons. The molecule has 4 rings (SSSR count). The zero-order valence-corrected chi connectivity index (χ0v) is 16.5. The van der Waals surface area contributed by atoms with Crippen LogP contribution in [-0.4, -0.2) is 42.3 Å². The van der Waals surface area contributed by atoms with Crippen LogP contribution in [0.4, 0.5) is 22.0 Å². The first-order chi connectivity index (χ1) is 13.7. The molecule has 0 radical (unpaired) electrons. The fourth-order valence-electron chi connectivity index (χ4n) is 2.88. The van der Waals surface area contributed by atoms with Gasteiger partial charge in [-0.15, -0.1) is 11.3 Å². The number of hydrogen-bond donors (Lipinski definition) is 2. The molecule has 1 aliphatic heterocycles. The minimum absolute atomic E-state index is 0.358. The fourth-order valence-corrected chi connectivity index (χ4v) is 3.93. The molecule has 1 aromatic carbocycles. The number of nitrogens with one attached hydrogen (secondary N) is 2. The molecule has 1 aliphatic rings. The van der Waals surface area contributed by atoms with Crippen molar-refractivity contribution in [2.45, 2.75) is 0 Å². The Morgan fingerprint density at radius 3 is 2.68 bits per heavy atom. The van der Waals surface area contributed by atoms with Gasteiger partial charge in [0.15, 0.2) is 0 Å². The van der Waals surface area contributed by atoms with E-state index in [4.69, 9.17) is 16.3 Å². The molecule has 0 unspecified atom stereocenters. The van der Waals surface area contributed by atoms with Crippen molar-refractivity contribution in [2.24, 2.45) is 0 Å². The molecule has 9 heteroatoms. The summed E-state index contributed by atoms with van der Waals surface area (Å²) in [5.41, 5.74) is 2.57. The van der Waals surface area contributed by atoms with Gasteiger partial charge in [-0.3, -0.25) is 10.3 Å². The number of nitrogens with zero attached hydrogens (tertiary/aromatic N) is 3. The lowest BCUT2D eigenvalue weighted by Gasteiger charge is -2.29. The molecule has 2 amide bonds. The number of benzene rings is 1. The number of anilines is 3. The molecule has 1 saturated heterocycles. The molecule has 2 aromatic heterocycles. The number of morpholine rings is 1. The summed E-state index contributed by atoms with van der Waals surface area (Å²) in [5, 5.41) is 8.73. The number of pyridine rings is 1. The molecule has 1 fully saturated rings. The number of halogens is 1. The third-order valence-electron chi connectivity index (χ3n) is 4.23. The minimum Gasteiger partial charge on any atom is -0.378 e. The van der Waals surface area contributed by atoms with Gasteiger partial charge in [0.2, 0.25) is 0 Å². The number of amides is 2. The standard InChI is InChI=1S/C19H18ClN5O2S/c20-15-11-13(1-2-16(15)25-7-9-27-10-8-25)18-23-17(12-28-18)24-19(26)22-14-3-5-21-6-4-14/h1-6,11-12H,7-10H2,(H2,21,22,24,26). The van der Waals surface area contributed by atoms with E-state index in [-0.39, 0.29) is 6.03 Å². The van der Waals surface area contributed by atoms with Gasteiger partial charge in [-0.05, 0) is 30.3 Å². The van der Waals surface area contributed by atoms with Crippen LogP contribution in [0.3, 0.4) is 0 Å². The third-order valence-corrected chi connectivity index (χ3v) is 5.42. The summed E-state index contributed by atoms with van der Waals surface area (Å²) < 4.78 is 5.39. The largest absolute Gasteiger partial charge is 0.378 e. The Morgan fingerprint density at radius 2 is 1.93 bits per heavy atom. The molecule has 3 aromatic rings. The van der Waals surface area contributed by atoms with E-state index in [0.29, 0.717) is 29.7 Å². The maximum absolute atomic E-state index is 12.1. The smallest absolute Gasteiger partial charge is 0.324 e. The second-order valence-corrected chi connectivity index (χ2v) is 7.38. The van der Waals surface area contributed by atoms with E-state index in [1.54, 1.807) is 29.9 Å². The van der Waals surface area contributed by atoms with Gasteiger partial charge in [0, 0.05) is 42.1 Å². The summed E-state index contributed by atoms with van der Waals surface area (Å²) in [4.78, 5) is 22.7. The molecule has 0 spiro atoms. The molecular formula is C19H18ClN5O2S. The quantitative estimate of drug-likeness (QED) is 0.662. The lowest BCUT2D eigenvalue weighted by atomic mass is 10.2. The highest BCUT2D eigenvalue weighted by Gasteiger charge is 2.16. The van der Waals surface area contributed by atoms with E-state index in [2.05, 4.69) is 25.5 Å². The van der Waals surface area contributed by atoms with Gasteiger partial charge in [0.25, 0.3) is 0 Å². The van der Waals surface area contributed by atoms with Crippen molar-refractivity contribution in [3.05, 3.63) is 53.1 Å². The first-order valence-corrected chi connectivity index (χ1v) is 10.0. The van der Waals surface area contributed by atoms with Crippen LogP contribution in [0.15, 0.2) is 48.1 Å². The van der Waals surface area contributed by atoms with Crippen molar-refractivity contribution < 1.29 is 9.53 Å². The predicted molar refractivity (Wildman–Crippen MR) is 112 cm³/mol. The summed E-state index contributed by atoms with van der Waals surface area (Å²) in [6, 6.07) is 8.98. The Kier molecular flexibility index (Phi) is 5.70. The molecule has 0 bridgehead atoms. The van der Waals surface area contributed by atoms with Gasteiger partial charge < -0.3 is 15.0 Å². The molecule has 0 aliphatic carbocycles. The first-order valence-electron chi connectivity index (χ1n) is 8.75. The van der Waals surface area contributed by atoms with E-state index in [0.717, 1.165) is 29.3 Å². The second kappa shape index (κ2) is 8.55. The summed E-state index contributed by atoms with van der Waals surface area (Å²) in [7, 11) is 0. The van der Waals surface area contributed by atoms with Crippen molar-refractivity contribution in [1.29, 1.82) is 0 Å². The number of rotatable bonds is 4. The van der Waals surface area contributed by atoms with Crippen molar-refractivity contribution in [1.82, 2.24) is 9.97 Å². The lowest BCUT2D eigenvalue weighted by molar-refractivity contribution is 0.122. The highest BCUT2D eigenvalue weighted by Crippen LogP contribution is 2.33. The summed E-state index contributed by atoms with van der Waals surface area (Å²) in [6.07, 6.45) is 3.22. The minimum atomic E-state index is -0.358. The summed E-state index contributed by atoms with van der Waals surface area (Å²) >= 11 is 7.95. The second-order valence-electron chi connectivity index (χ2n) is 6.12. The number of thiazole rings is 1. The van der Waals surface area contributed by atoms with Crippen LogP contribution in [0, 0.1) is 0 Å². The normalized spacial score (nSPS) is 14.0. The molecule has 28 heavy (non-hydrogen) atoms. The zero-order valence-electron chi connectivity index (χ0n) is 14.9. The Hall–Kier alpha value is -2.68. The number of carbonyl (C=O) groups is 1. The topological polar surface area (TPSA) is 79.4 Å². The Bertz CT molecular complexity index is 960. The Labute approximate surface area is 171 Å². The van der Waals surface area contributed by atoms with E-state index < -0.39 is 0 Å². The van der Waals surface area contributed by atoms with E-state index >= 15 is 0 Å². The number of carbonyl (C=O) groups excluding carboxylic acids is 1. The zero-order chi connectivity index (χ0) is 19.3. The van der Waals surface area contributed by atoms with Crippen molar-refractivity contribution in [3.63, 3.8) is 0 Å². The van der Waals surface area contributed by atoms with Crippen LogP contribution >= 0.6 is 22.9 Å². The van der Waals surface area contributed by atoms with Crippen LogP contribution in [0.1, 0.15) is 0 Å². The van der Waals surface area contributed by atoms with E-state index in [9.17, 15) is 4.79 Å². The lowest BCUT2D eigenvalue weighted by Crippen LogP contribution is -2.36. The highest BCUT2D eigenvalue weighted by atomic mass is 35.5. The maximum atomic E-state index is 12.1. The number of aromatic nitrogens is 2. The Balaban J connectivity index is 1.43. The predicted octanol–water partition coefficient (Wildman–Crippen LogP) is 4.34. The monoisotopic (exact) mass is 415 g/mol. The fraction of sp³-hybridized carbons (Fsp3) is 0.211. The van der Waals surface area contributed by atoms with Gasteiger partial charge in [-0.1, -0.05) is 11.6 Å². The number of urea groups is 1. The van der Waals surface area contributed by atoms with Gasteiger partial charge in [0.05, 0.1) is 23.9 Å². The van der Waals surface area contributed by atoms with E-state index in [1.807, 2.05) is 18.2 Å². The van der Waals surface area contributed by atoms with Crippen molar-refractivity contribution >= 4 is 46.2 Å². The number of hydrogen-bond acceptors (Lipinski definition) is 6. The van der Waals surface area contributed by atoms with Gasteiger partial charge in [-0.2, -0.15) is 0 Å².